The standard InChI is InChI=1S/C25H28F2N4O2/c1-15(2)28-7-8-31-14-18(13-30-31)17-10-19-16(5-6-21(19)29-12-17)9-20-24(26)22(32-3)11-23(33-4)25(20)27/h5,10-15,28H,6-9H2,1-4H3. The van der Waals surface area contributed by atoms with Crippen LogP contribution in [0.4, 0.5) is 8.78 Å². The first-order chi connectivity index (χ1) is 15.9. The fourth-order valence-corrected chi connectivity index (χ4v) is 3.97. The van der Waals surface area contributed by atoms with Gasteiger partial charge in [0.1, 0.15) is 0 Å². The van der Waals surface area contributed by atoms with E-state index in [9.17, 15) is 8.78 Å². The van der Waals surface area contributed by atoms with Crippen LogP contribution in [0.3, 0.4) is 0 Å². The molecule has 33 heavy (non-hydrogen) atoms. The molecule has 0 saturated heterocycles. The smallest absolute Gasteiger partial charge is 0.171 e. The fraction of sp³-hybridized carbons (Fsp3) is 0.360. The number of allylic oxidation sites excluding steroid dienone is 2. The van der Waals surface area contributed by atoms with Gasteiger partial charge in [-0.05, 0) is 11.6 Å². The van der Waals surface area contributed by atoms with E-state index in [2.05, 4.69) is 29.2 Å². The minimum absolute atomic E-state index is 0.0479. The lowest BCUT2D eigenvalue weighted by Gasteiger charge is -2.14. The van der Waals surface area contributed by atoms with E-state index in [0.717, 1.165) is 41.0 Å². The maximum atomic E-state index is 14.9. The molecule has 0 amide bonds. The molecular formula is C25H28F2N4O2. The van der Waals surface area contributed by atoms with Crippen molar-refractivity contribution in [2.75, 3.05) is 20.8 Å². The Labute approximate surface area is 192 Å². The minimum Gasteiger partial charge on any atom is -0.494 e. The van der Waals surface area contributed by atoms with Crippen LogP contribution in [0.1, 0.15) is 30.7 Å². The Morgan fingerprint density at radius 2 is 1.79 bits per heavy atom. The quantitative estimate of drug-likeness (QED) is 0.519. The number of rotatable bonds is 9. The Balaban J connectivity index is 1.59. The number of hydrogen-bond acceptors (Lipinski definition) is 5. The summed E-state index contributed by atoms with van der Waals surface area (Å²) in [5, 5.41) is 7.81. The average molecular weight is 455 g/mol. The van der Waals surface area contributed by atoms with Crippen molar-refractivity contribution in [2.24, 2.45) is 0 Å². The lowest BCUT2D eigenvalue weighted by Crippen LogP contribution is -2.26. The summed E-state index contributed by atoms with van der Waals surface area (Å²) < 4.78 is 41.8. The molecule has 1 N–H and O–H groups in total. The van der Waals surface area contributed by atoms with Gasteiger partial charge in [0.2, 0.25) is 0 Å². The van der Waals surface area contributed by atoms with E-state index in [0.29, 0.717) is 12.5 Å². The zero-order valence-corrected chi connectivity index (χ0v) is 19.3. The van der Waals surface area contributed by atoms with Crippen LogP contribution in [-0.4, -0.2) is 41.6 Å². The van der Waals surface area contributed by atoms with Crippen LogP contribution in [0.5, 0.6) is 11.5 Å². The van der Waals surface area contributed by atoms with Crippen LogP contribution in [0.25, 0.3) is 16.7 Å². The molecule has 0 fully saturated rings. The van der Waals surface area contributed by atoms with Crippen molar-refractivity contribution in [1.29, 1.82) is 0 Å². The third kappa shape index (κ3) is 4.75. The predicted octanol–water partition coefficient (Wildman–Crippen LogP) is 4.42. The van der Waals surface area contributed by atoms with Gasteiger partial charge >= 0.3 is 0 Å². The highest BCUT2D eigenvalue weighted by molar-refractivity contribution is 5.77. The Bertz CT molecular complexity index is 1160. The topological polar surface area (TPSA) is 61.2 Å². The van der Waals surface area contributed by atoms with Crippen LogP contribution < -0.4 is 14.8 Å². The Hall–Kier alpha value is -3.26. The summed E-state index contributed by atoms with van der Waals surface area (Å²) in [5.41, 5.74) is 4.37. The summed E-state index contributed by atoms with van der Waals surface area (Å²) in [6.45, 7) is 5.80. The number of hydrogen-bond donors (Lipinski definition) is 1. The molecule has 3 aromatic rings. The Kier molecular flexibility index (Phi) is 6.74. The van der Waals surface area contributed by atoms with E-state index in [1.807, 2.05) is 35.4 Å². The number of fused-ring (bicyclic) bond motifs is 1. The Morgan fingerprint density at radius 1 is 1.06 bits per heavy atom. The van der Waals surface area contributed by atoms with Crippen molar-refractivity contribution in [2.45, 2.75) is 39.3 Å². The van der Waals surface area contributed by atoms with Crippen molar-refractivity contribution in [3.8, 4) is 22.6 Å². The molecule has 0 aliphatic heterocycles. The first-order valence-electron chi connectivity index (χ1n) is 10.9. The molecule has 0 spiro atoms. The van der Waals surface area contributed by atoms with E-state index in [-0.39, 0.29) is 23.5 Å². The van der Waals surface area contributed by atoms with Crippen LogP contribution in [0, 0.1) is 11.6 Å². The van der Waals surface area contributed by atoms with E-state index in [4.69, 9.17) is 9.47 Å². The average Bonchev–Trinajstić information content (AvgIpc) is 3.43. The van der Waals surface area contributed by atoms with Crippen molar-refractivity contribution in [3.63, 3.8) is 0 Å². The summed E-state index contributed by atoms with van der Waals surface area (Å²) in [7, 11) is 2.69. The maximum absolute atomic E-state index is 14.9. The van der Waals surface area contributed by atoms with Crippen molar-refractivity contribution in [3.05, 3.63) is 65.3 Å². The molecule has 1 aromatic carbocycles. The van der Waals surface area contributed by atoms with Crippen molar-refractivity contribution in [1.82, 2.24) is 20.1 Å². The van der Waals surface area contributed by atoms with Gasteiger partial charge in [0.05, 0.1) is 32.7 Å². The second-order valence-electron chi connectivity index (χ2n) is 8.32. The highest BCUT2D eigenvalue weighted by Crippen LogP contribution is 2.37. The molecule has 0 saturated carbocycles. The number of pyridine rings is 1. The number of methoxy groups -OCH3 is 2. The molecule has 8 heteroatoms. The molecule has 0 radical (unpaired) electrons. The van der Waals surface area contributed by atoms with Crippen LogP contribution >= 0.6 is 0 Å². The normalized spacial score (nSPS) is 12.8. The van der Waals surface area contributed by atoms with Crippen LogP contribution in [0.15, 0.2) is 36.8 Å². The van der Waals surface area contributed by atoms with Gasteiger partial charge in [-0.1, -0.05) is 19.9 Å². The molecule has 2 heterocycles. The highest BCUT2D eigenvalue weighted by Gasteiger charge is 2.24. The number of nitrogens with zero attached hydrogens (tertiary/aromatic N) is 3. The number of benzene rings is 1. The molecule has 2 aromatic heterocycles. The SMILES string of the molecule is COc1cc(OC)c(F)c(CC2=CCc3ncc(-c4cnn(CCNC(C)C)c4)cc32)c1F. The van der Waals surface area contributed by atoms with Crippen LogP contribution in [0.2, 0.25) is 0 Å². The number of halogens is 2. The zero-order chi connectivity index (χ0) is 23.5. The highest BCUT2D eigenvalue weighted by atomic mass is 19.1. The van der Waals surface area contributed by atoms with Gasteiger partial charge in [0, 0.05) is 66.1 Å². The van der Waals surface area contributed by atoms with Gasteiger partial charge in [-0.25, -0.2) is 8.78 Å². The van der Waals surface area contributed by atoms with Gasteiger partial charge in [-0.3, -0.25) is 9.67 Å². The van der Waals surface area contributed by atoms with Gasteiger partial charge in [0.15, 0.2) is 23.1 Å². The lowest BCUT2D eigenvalue weighted by atomic mass is 9.97. The monoisotopic (exact) mass is 454 g/mol. The number of aromatic nitrogens is 3. The molecule has 0 atom stereocenters. The summed E-state index contributed by atoms with van der Waals surface area (Å²) >= 11 is 0. The molecular weight excluding hydrogens is 426 g/mol. The first-order valence-corrected chi connectivity index (χ1v) is 10.9. The van der Waals surface area contributed by atoms with Gasteiger partial charge in [0.25, 0.3) is 0 Å². The van der Waals surface area contributed by atoms with E-state index in [1.165, 1.54) is 20.3 Å². The van der Waals surface area contributed by atoms with Crippen LogP contribution in [-0.2, 0) is 19.4 Å². The number of nitrogens with one attached hydrogen (secondary N) is 1. The summed E-state index contributed by atoms with van der Waals surface area (Å²) in [4.78, 5) is 4.60. The maximum Gasteiger partial charge on any atom is 0.171 e. The van der Waals surface area contributed by atoms with Crippen molar-refractivity contribution >= 4 is 5.57 Å². The summed E-state index contributed by atoms with van der Waals surface area (Å²) in [5.74, 6) is -1.53. The Morgan fingerprint density at radius 3 is 2.45 bits per heavy atom. The minimum atomic E-state index is -0.717. The van der Waals surface area contributed by atoms with Crippen molar-refractivity contribution < 1.29 is 18.3 Å². The van der Waals surface area contributed by atoms with E-state index in [1.54, 1.807) is 0 Å². The molecule has 0 unspecified atom stereocenters. The zero-order valence-electron chi connectivity index (χ0n) is 19.3. The molecule has 6 nitrogen and oxygen atoms in total. The molecule has 174 valence electrons. The third-order valence-electron chi connectivity index (χ3n) is 5.75. The predicted molar refractivity (Wildman–Crippen MR) is 123 cm³/mol. The lowest BCUT2D eigenvalue weighted by molar-refractivity contribution is 0.354. The largest absolute Gasteiger partial charge is 0.494 e. The molecule has 4 rings (SSSR count). The second-order valence-corrected chi connectivity index (χ2v) is 8.32. The molecule has 1 aliphatic carbocycles. The third-order valence-corrected chi connectivity index (χ3v) is 5.75. The van der Waals surface area contributed by atoms with E-state index >= 15 is 0 Å². The first kappa shape index (κ1) is 22.9. The van der Waals surface area contributed by atoms with Gasteiger partial charge in [-0.15, -0.1) is 0 Å². The van der Waals surface area contributed by atoms with E-state index < -0.39 is 11.6 Å². The summed E-state index contributed by atoms with van der Waals surface area (Å²) in [6.07, 6.45) is 8.27. The van der Waals surface area contributed by atoms with Gasteiger partial charge < -0.3 is 14.8 Å². The second kappa shape index (κ2) is 9.70. The van der Waals surface area contributed by atoms with Gasteiger partial charge in [-0.2, -0.15) is 5.10 Å². The summed E-state index contributed by atoms with van der Waals surface area (Å²) in [6, 6.07) is 3.66. The number of ether oxygens (including phenoxy) is 2. The molecule has 1 aliphatic rings. The molecule has 0 bridgehead atoms. The fourth-order valence-electron chi connectivity index (χ4n) is 3.97.